The lowest BCUT2D eigenvalue weighted by Gasteiger charge is -2.36. The minimum absolute atomic E-state index is 0.0253. The maximum Gasteiger partial charge on any atom is 0.412 e. The van der Waals surface area contributed by atoms with Crippen LogP contribution in [0, 0.1) is 43.2 Å². The summed E-state index contributed by atoms with van der Waals surface area (Å²) in [6.45, 7) is 27.7. The van der Waals surface area contributed by atoms with Gasteiger partial charge in [-0.2, -0.15) is 0 Å². The molecule has 6 aromatic rings. The second-order valence-corrected chi connectivity index (χ2v) is 21.5. The van der Waals surface area contributed by atoms with Gasteiger partial charge in [-0.05, 0) is 120 Å². The van der Waals surface area contributed by atoms with Crippen LogP contribution in [0.3, 0.4) is 0 Å². The van der Waals surface area contributed by atoms with Crippen molar-refractivity contribution >= 4 is 29.5 Å². The Bertz CT molecular complexity index is 2910. The van der Waals surface area contributed by atoms with Crippen LogP contribution < -0.4 is 30.5 Å². The normalized spacial score (nSPS) is 10.9. The highest BCUT2D eigenvalue weighted by Gasteiger charge is 2.32. The fourth-order valence-electron chi connectivity index (χ4n) is 7.00. The number of carbonyl (C=O) groups excluding carboxylic acids is 2. The molecule has 0 aliphatic heterocycles. The van der Waals surface area contributed by atoms with Crippen molar-refractivity contribution in [2.45, 2.75) is 132 Å². The number of fused-ring (bicyclic) bond motifs is 1. The van der Waals surface area contributed by atoms with Crippen LogP contribution >= 0.6 is 11.9 Å². The number of ether oxygens (including phenoxy) is 4. The van der Waals surface area contributed by atoms with Crippen LogP contribution in [0.4, 0.5) is 13.6 Å². The molecule has 0 spiro atoms. The molecule has 0 fully saturated rings. The molecule has 0 aliphatic carbocycles. The van der Waals surface area contributed by atoms with Crippen molar-refractivity contribution in [1.29, 1.82) is 0 Å². The molecular formula is C62H83F2N5O9S. The highest BCUT2D eigenvalue weighted by Crippen LogP contribution is 2.27. The van der Waals surface area contributed by atoms with E-state index < -0.39 is 45.9 Å². The molecule has 430 valence electrons. The molecule has 0 aliphatic rings. The fraction of sp³-hybridized carbons (Fsp3) is 0.419. The highest BCUT2D eigenvalue weighted by atomic mass is 32.2. The van der Waals surface area contributed by atoms with Crippen molar-refractivity contribution in [3.63, 3.8) is 0 Å². The Kier molecular flexibility index (Phi) is 29.3. The molecule has 2 N–H and O–H groups in total. The molecule has 0 saturated carbocycles. The Morgan fingerprint density at radius 1 is 0.823 bits per heavy atom. The van der Waals surface area contributed by atoms with Crippen LogP contribution in [0.2, 0.25) is 0 Å². The van der Waals surface area contributed by atoms with E-state index in [9.17, 15) is 33.1 Å². The summed E-state index contributed by atoms with van der Waals surface area (Å²) in [5.74, 6) is 0.164. The summed E-state index contributed by atoms with van der Waals surface area (Å²) >= 11 is 1.69. The lowest BCUT2D eigenvalue weighted by molar-refractivity contribution is -0.0828. The van der Waals surface area contributed by atoms with Crippen molar-refractivity contribution in [2.24, 2.45) is 11.8 Å². The average molecular weight is 1110 g/mol. The number of aliphatic hydroxyl groups is 1. The minimum Gasteiger partial charge on any atom is -0.497 e. The van der Waals surface area contributed by atoms with Crippen LogP contribution in [-0.4, -0.2) is 80.0 Å². The number of aromatic nitrogens is 2. The molecule has 2 heterocycles. The molecule has 17 heteroatoms. The van der Waals surface area contributed by atoms with Gasteiger partial charge in [0.25, 0.3) is 11.5 Å². The number of terminal acetylenes is 1. The van der Waals surface area contributed by atoms with Crippen molar-refractivity contribution in [3.05, 3.63) is 170 Å². The quantitative estimate of drug-likeness (QED) is 0.0427. The van der Waals surface area contributed by atoms with Gasteiger partial charge in [-0.15, -0.1) is 12.8 Å². The van der Waals surface area contributed by atoms with Crippen LogP contribution in [0.25, 0.3) is 5.52 Å². The SMILES string of the molecule is C#C.CC.CC(C)C.COc1ccc(SN(CCCN(C(=O)OC(C)(C)C)C(C)(C)O)CC(C)C)cc1.Cc1ccc(OCCn2ccn3cc(C(=O)NCc4ccc(F)cc4F)c(=O)c(OCc4ccccc4)c3c2=O)cc1. The number of hydrogen-bond acceptors (Lipinski definition) is 11. The molecule has 6 rings (SSSR count). The number of amides is 2. The Hall–Kier alpha value is -7.13. The number of rotatable bonds is 20. The largest absolute Gasteiger partial charge is 0.497 e. The van der Waals surface area contributed by atoms with Crippen molar-refractivity contribution in [3.8, 4) is 30.1 Å². The third-order valence-corrected chi connectivity index (χ3v) is 11.6. The zero-order valence-corrected chi connectivity index (χ0v) is 49.4. The van der Waals surface area contributed by atoms with E-state index in [4.69, 9.17) is 18.9 Å². The maximum atomic E-state index is 14.1. The second-order valence-electron chi connectivity index (χ2n) is 20.4. The molecule has 0 radical (unpaired) electrons. The van der Waals surface area contributed by atoms with Crippen LogP contribution in [0.5, 0.6) is 17.2 Å². The van der Waals surface area contributed by atoms with Gasteiger partial charge >= 0.3 is 6.09 Å². The standard InChI is InChI=1S/C32H27F2N3O5.C22H38N2O4S.C4H10.C2H6.C2H2/c1-21-7-11-25(12-8-21)41-16-15-36-13-14-37-19-26(31(39)35-18-23-9-10-24(33)17-27(23)34)29(38)30(28(37)32(36)40)42-20-22-5-3-2-4-6-22;1-17(2)16-23(29-19-12-10-18(27-8)11-13-19)14-9-15-24(22(6,7)26)20(25)28-21(3,4)5;1-4(2)3;2*1-2/h2-14,17,19H,15-16,18,20H2,1H3,(H,35,39);10-13,17,26H,9,14-16H2,1-8H3;4H,1-3H3;1-2H3;1-2H. The van der Waals surface area contributed by atoms with Gasteiger partial charge in [0, 0.05) is 61.3 Å². The molecule has 2 aromatic heterocycles. The Morgan fingerprint density at radius 2 is 1.43 bits per heavy atom. The zero-order valence-electron chi connectivity index (χ0n) is 48.6. The highest BCUT2D eigenvalue weighted by molar-refractivity contribution is 7.97. The summed E-state index contributed by atoms with van der Waals surface area (Å²) in [4.78, 5) is 55.2. The van der Waals surface area contributed by atoms with Gasteiger partial charge in [-0.3, -0.25) is 19.3 Å². The van der Waals surface area contributed by atoms with E-state index >= 15 is 0 Å². The molecule has 0 saturated heterocycles. The van der Waals surface area contributed by atoms with E-state index in [1.54, 1.807) is 45.0 Å². The number of pyridine rings is 1. The number of carbonyl (C=O) groups is 2. The molecule has 0 atom stereocenters. The number of methoxy groups -OCH3 is 1. The van der Waals surface area contributed by atoms with E-state index in [0.29, 0.717) is 24.3 Å². The minimum atomic E-state index is -1.28. The second kappa shape index (κ2) is 34.0. The molecule has 79 heavy (non-hydrogen) atoms. The molecular weight excluding hydrogens is 1030 g/mol. The van der Waals surface area contributed by atoms with Gasteiger partial charge in [0.1, 0.15) is 53.2 Å². The van der Waals surface area contributed by atoms with Gasteiger partial charge in [-0.1, -0.05) is 103 Å². The first-order chi connectivity index (χ1) is 37.3. The predicted molar refractivity (Wildman–Crippen MR) is 314 cm³/mol. The number of aryl methyl sites for hydroxylation is 1. The van der Waals surface area contributed by atoms with Crippen molar-refractivity contribution in [2.75, 3.05) is 33.4 Å². The summed E-state index contributed by atoms with van der Waals surface area (Å²) in [5, 5.41) is 12.9. The summed E-state index contributed by atoms with van der Waals surface area (Å²) in [5.41, 5.74) is -1.66. The van der Waals surface area contributed by atoms with E-state index in [-0.39, 0.29) is 48.7 Å². The molecule has 0 bridgehead atoms. The third-order valence-electron chi connectivity index (χ3n) is 10.5. The molecule has 4 aromatic carbocycles. The summed E-state index contributed by atoms with van der Waals surface area (Å²) in [7, 11) is 1.66. The van der Waals surface area contributed by atoms with Gasteiger partial charge in [0.05, 0.1) is 13.7 Å². The number of nitrogens with one attached hydrogen (secondary N) is 1. The lowest BCUT2D eigenvalue weighted by Crippen LogP contribution is -2.50. The van der Waals surface area contributed by atoms with Gasteiger partial charge < -0.3 is 38.3 Å². The van der Waals surface area contributed by atoms with Crippen LogP contribution in [0.1, 0.15) is 117 Å². The Labute approximate surface area is 471 Å². The molecule has 14 nitrogen and oxygen atoms in total. The first-order valence-corrected chi connectivity index (χ1v) is 27.1. The number of hydrogen-bond donors (Lipinski definition) is 2. The fourth-order valence-corrected chi connectivity index (χ4v) is 8.15. The monoisotopic (exact) mass is 1110 g/mol. The zero-order chi connectivity index (χ0) is 59.5. The van der Waals surface area contributed by atoms with Gasteiger partial charge in [0.2, 0.25) is 5.43 Å². The van der Waals surface area contributed by atoms with E-state index in [1.807, 2.05) is 108 Å². The Morgan fingerprint density at radius 3 is 1.99 bits per heavy atom. The smallest absolute Gasteiger partial charge is 0.412 e. The van der Waals surface area contributed by atoms with E-state index in [0.717, 1.165) is 53.3 Å². The van der Waals surface area contributed by atoms with Crippen LogP contribution in [0.15, 0.2) is 130 Å². The lowest BCUT2D eigenvalue weighted by atomic mass is 10.2. The summed E-state index contributed by atoms with van der Waals surface area (Å²) in [6.07, 6.45) is 12.5. The Balaban J connectivity index is 0.000000504. The van der Waals surface area contributed by atoms with Crippen molar-refractivity contribution < 1.29 is 42.4 Å². The predicted octanol–water partition coefficient (Wildman–Crippen LogP) is 12.6. The third kappa shape index (κ3) is 24.2. The number of nitrogens with zero attached hydrogens (tertiary/aromatic N) is 4. The summed E-state index contributed by atoms with van der Waals surface area (Å²) in [6, 6.07) is 27.5. The molecule has 0 unspecified atom stereocenters. The average Bonchev–Trinajstić information content (AvgIpc) is 3.38. The van der Waals surface area contributed by atoms with Crippen molar-refractivity contribution in [1.82, 2.24) is 23.5 Å². The molecule has 2 amide bonds. The maximum absolute atomic E-state index is 14.1. The van der Waals surface area contributed by atoms with Crippen LogP contribution in [-0.2, 0) is 24.4 Å². The number of benzene rings is 4. The van der Waals surface area contributed by atoms with E-state index in [2.05, 4.69) is 57.1 Å². The number of halogens is 2. The first-order valence-electron chi connectivity index (χ1n) is 26.3. The summed E-state index contributed by atoms with van der Waals surface area (Å²) < 4.78 is 54.7. The first kappa shape index (κ1) is 68.0. The topological polar surface area (TPSA) is 153 Å². The van der Waals surface area contributed by atoms with Gasteiger partial charge in [0.15, 0.2) is 11.3 Å². The van der Waals surface area contributed by atoms with Gasteiger partial charge in [-0.25, -0.2) is 17.9 Å². The van der Waals surface area contributed by atoms with E-state index in [1.165, 1.54) is 38.5 Å².